The van der Waals surface area contributed by atoms with Crippen LogP contribution in [0.15, 0.2) is 0 Å². The van der Waals surface area contributed by atoms with Gasteiger partial charge >= 0.3 is 5.97 Å². The molecule has 0 atom stereocenters. The zero-order chi connectivity index (χ0) is 8.81. The molecule has 0 unspecified atom stereocenters. The van der Waals surface area contributed by atoms with E-state index in [-0.39, 0.29) is 17.4 Å². The number of carboxylic acids is 1. The molecule has 1 aliphatic rings. The van der Waals surface area contributed by atoms with E-state index in [1.807, 2.05) is 0 Å². The number of hydrogen-bond acceptors (Lipinski definition) is 1. The number of hydrogen-bond donors (Lipinski definition) is 1. The molecule has 1 fully saturated rings. The smallest absolute Gasteiger partial charge is 0.303 e. The zero-order valence-electron chi connectivity index (χ0n) is 7.59. The Morgan fingerprint density at radius 3 is 2.38 bits per heavy atom. The first-order valence-electron chi connectivity index (χ1n) is 5.01. The third kappa shape index (κ3) is 6.12. The van der Waals surface area contributed by atoms with Crippen molar-refractivity contribution < 1.29 is 9.90 Å². The highest BCUT2D eigenvalue weighted by Crippen LogP contribution is 2.27. The molecule has 1 rings (SSSR count). The number of carboxylic acid groups (broad SMARTS) is 1. The second-order valence-corrected chi connectivity index (χ2v) is 3.79. The Morgan fingerprint density at radius 2 is 1.85 bits per heavy atom. The van der Waals surface area contributed by atoms with E-state index in [4.69, 9.17) is 5.11 Å². The third-order valence-electron chi connectivity index (χ3n) is 2.73. The summed E-state index contributed by atoms with van der Waals surface area (Å²) in [6, 6.07) is 0. The predicted molar refractivity (Wildman–Crippen MR) is 58.0 cm³/mol. The standard InChI is InChI=1S/C10H18O2.Al.3H/c11-10(12)8-4-7-9-5-2-1-3-6-9;;;;/h9H,1-8H2,(H,11,12);;;;. The maximum Gasteiger partial charge on any atom is 0.303 e. The summed E-state index contributed by atoms with van der Waals surface area (Å²) in [5.41, 5.74) is 0. The second-order valence-electron chi connectivity index (χ2n) is 3.79. The summed E-state index contributed by atoms with van der Waals surface area (Å²) in [7, 11) is 0. The molecule has 76 valence electrons. The molecule has 0 aromatic carbocycles. The van der Waals surface area contributed by atoms with E-state index in [0.29, 0.717) is 6.42 Å². The molecule has 0 aromatic heterocycles. The summed E-state index contributed by atoms with van der Waals surface area (Å²) in [5.74, 6) is 0.184. The van der Waals surface area contributed by atoms with Crippen LogP contribution in [0.5, 0.6) is 0 Å². The predicted octanol–water partition coefficient (Wildman–Crippen LogP) is 1.64. The van der Waals surface area contributed by atoms with Gasteiger partial charge in [-0.1, -0.05) is 32.1 Å². The fourth-order valence-electron chi connectivity index (χ4n) is 2.02. The van der Waals surface area contributed by atoms with Gasteiger partial charge in [0.05, 0.1) is 0 Å². The topological polar surface area (TPSA) is 37.3 Å². The summed E-state index contributed by atoms with van der Waals surface area (Å²) in [6.45, 7) is 0. The van der Waals surface area contributed by atoms with Crippen molar-refractivity contribution in [2.75, 3.05) is 0 Å². The molecule has 0 bridgehead atoms. The van der Waals surface area contributed by atoms with Crippen molar-refractivity contribution in [1.29, 1.82) is 0 Å². The van der Waals surface area contributed by atoms with Crippen LogP contribution in [-0.2, 0) is 4.79 Å². The van der Waals surface area contributed by atoms with Gasteiger partial charge in [-0.3, -0.25) is 4.79 Å². The van der Waals surface area contributed by atoms with Gasteiger partial charge in [0.1, 0.15) is 0 Å². The molecule has 0 aliphatic heterocycles. The Bertz CT molecular complexity index is 142. The summed E-state index contributed by atoms with van der Waals surface area (Å²) >= 11 is 0. The Balaban J connectivity index is 0.00000144. The van der Waals surface area contributed by atoms with Crippen LogP contribution in [0.25, 0.3) is 0 Å². The van der Waals surface area contributed by atoms with Crippen molar-refractivity contribution in [3.63, 3.8) is 0 Å². The van der Waals surface area contributed by atoms with Crippen molar-refractivity contribution in [3.8, 4) is 0 Å². The van der Waals surface area contributed by atoms with Gasteiger partial charge in [-0.15, -0.1) is 0 Å². The monoisotopic (exact) mass is 200 g/mol. The first-order valence-corrected chi connectivity index (χ1v) is 5.01. The van der Waals surface area contributed by atoms with Crippen LogP contribution in [-0.4, -0.2) is 28.4 Å². The summed E-state index contributed by atoms with van der Waals surface area (Å²) < 4.78 is 0. The van der Waals surface area contributed by atoms with E-state index in [1.54, 1.807) is 0 Å². The summed E-state index contributed by atoms with van der Waals surface area (Å²) in [4.78, 5) is 10.2. The minimum atomic E-state index is -0.647. The largest absolute Gasteiger partial charge is 0.481 e. The molecule has 0 aromatic rings. The van der Waals surface area contributed by atoms with Crippen molar-refractivity contribution in [2.45, 2.75) is 51.4 Å². The molecule has 0 amide bonds. The third-order valence-corrected chi connectivity index (χ3v) is 2.73. The lowest BCUT2D eigenvalue weighted by molar-refractivity contribution is -0.137. The quantitative estimate of drug-likeness (QED) is 0.700. The van der Waals surface area contributed by atoms with Crippen molar-refractivity contribution in [3.05, 3.63) is 0 Å². The minimum absolute atomic E-state index is 0. The van der Waals surface area contributed by atoms with Crippen molar-refractivity contribution in [1.82, 2.24) is 0 Å². The molecular formula is C10H21AlO2. The molecular weight excluding hydrogens is 179 g/mol. The van der Waals surface area contributed by atoms with Crippen LogP contribution >= 0.6 is 0 Å². The van der Waals surface area contributed by atoms with Crippen LogP contribution in [0, 0.1) is 5.92 Å². The Labute approximate surface area is 90.8 Å². The highest BCUT2D eigenvalue weighted by molar-refractivity contribution is 5.75. The molecule has 13 heavy (non-hydrogen) atoms. The van der Waals surface area contributed by atoms with E-state index >= 15 is 0 Å². The highest BCUT2D eigenvalue weighted by atomic mass is 27.0. The van der Waals surface area contributed by atoms with E-state index in [9.17, 15) is 4.79 Å². The zero-order valence-corrected chi connectivity index (χ0v) is 7.59. The van der Waals surface area contributed by atoms with Crippen molar-refractivity contribution in [2.24, 2.45) is 5.92 Å². The average molecular weight is 200 g/mol. The molecule has 0 heterocycles. The Morgan fingerprint density at radius 1 is 1.23 bits per heavy atom. The van der Waals surface area contributed by atoms with E-state index in [1.165, 1.54) is 32.1 Å². The molecule has 1 N–H and O–H groups in total. The molecule has 0 spiro atoms. The van der Waals surface area contributed by atoms with Gasteiger partial charge in [0, 0.05) is 6.42 Å². The fourth-order valence-corrected chi connectivity index (χ4v) is 2.02. The van der Waals surface area contributed by atoms with E-state index in [0.717, 1.165) is 18.8 Å². The van der Waals surface area contributed by atoms with Crippen LogP contribution in [0.1, 0.15) is 51.4 Å². The van der Waals surface area contributed by atoms with E-state index < -0.39 is 5.97 Å². The molecule has 0 saturated heterocycles. The highest BCUT2D eigenvalue weighted by Gasteiger charge is 2.12. The molecule has 2 nitrogen and oxygen atoms in total. The first-order chi connectivity index (χ1) is 5.79. The second kappa shape index (κ2) is 7.41. The molecule has 3 heteroatoms. The van der Waals surface area contributed by atoms with Gasteiger partial charge < -0.3 is 5.11 Å². The summed E-state index contributed by atoms with van der Waals surface area (Å²) in [5, 5.41) is 8.44. The van der Waals surface area contributed by atoms with Gasteiger partial charge in [0.15, 0.2) is 17.4 Å². The lowest BCUT2D eigenvalue weighted by Crippen LogP contribution is -2.06. The number of carbonyl (C=O) groups is 1. The Hall–Kier alpha value is 0.00247. The first kappa shape index (κ1) is 13.0. The Kier molecular flexibility index (Phi) is 7.41. The van der Waals surface area contributed by atoms with Gasteiger partial charge in [-0.05, 0) is 18.8 Å². The average Bonchev–Trinajstić information content (AvgIpc) is 2.05. The normalized spacial score (nSPS) is 17.8. The van der Waals surface area contributed by atoms with Crippen molar-refractivity contribution >= 4 is 23.3 Å². The summed E-state index contributed by atoms with van der Waals surface area (Å²) in [6.07, 6.45) is 9.13. The fraction of sp³-hybridized carbons (Fsp3) is 0.900. The van der Waals surface area contributed by atoms with Crippen LogP contribution in [0.3, 0.4) is 0 Å². The lowest BCUT2D eigenvalue weighted by atomic mass is 9.86. The van der Waals surface area contributed by atoms with Gasteiger partial charge in [0.25, 0.3) is 0 Å². The molecule has 1 saturated carbocycles. The number of aliphatic carboxylic acids is 1. The maximum atomic E-state index is 10.2. The van der Waals surface area contributed by atoms with E-state index in [2.05, 4.69) is 0 Å². The van der Waals surface area contributed by atoms with Crippen LogP contribution < -0.4 is 0 Å². The van der Waals surface area contributed by atoms with Gasteiger partial charge in [-0.2, -0.15) is 0 Å². The van der Waals surface area contributed by atoms with Gasteiger partial charge in [-0.25, -0.2) is 0 Å². The molecule has 1 aliphatic carbocycles. The number of rotatable bonds is 4. The van der Waals surface area contributed by atoms with Crippen LogP contribution in [0.2, 0.25) is 0 Å². The SMILES string of the molecule is O=C(O)CCCC1CCCCC1.[AlH3]. The van der Waals surface area contributed by atoms with Gasteiger partial charge in [0.2, 0.25) is 0 Å². The lowest BCUT2D eigenvalue weighted by Gasteiger charge is -2.20. The maximum absolute atomic E-state index is 10.2. The molecule has 0 radical (unpaired) electrons. The van der Waals surface area contributed by atoms with Crippen LogP contribution in [0.4, 0.5) is 0 Å². The minimum Gasteiger partial charge on any atom is -0.481 e.